The number of nitrogens with two attached hydrogens (primary N) is 1. The molecule has 0 atom stereocenters. The summed E-state index contributed by atoms with van der Waals surface area (Å²) in [6, 6.07) is 10.1. The molecule has 19 heavy (non-hydrogen) atoms. The molecule has 0 aromatic heterocycles. The van der Waals surface area contributed by atoms with E-state index in [-0.39, 0.29) is 12.4 Å². The van der Waals surface area contributed by atoms with E-state index in [1.807, 2.05) is 12.1 Å². The van der Waals surface area contributed by atoms with Crippen LogP contribution in [0.3, 0.4) is 0 Å². The molecular formula is C14H12BrClFNO. The number of rotatable bonds is 4. The zero-order chi connectivity index (χ0) is 13.8. The van der Waals surface area contributed by atoms with E-state index < -0.39 is 0 Å². The Morgan fingerprint density at radius 3 is 2.63 bits per heavy atom. The quantitative estimate of drug-likeness (QED) is 0.898. The minimum atomic E-state index is -0.373. The SMILES string of the molecule is NCc1ccc(OCc2ccc(Cl)cc2F)c(Br)c1. The maximum Gasteiger partial charge on any atom is 0.134 e. The second-order valence-corrected chi connectivity index (χ2v) is 5.28. The maximum absolute atomic E-state index is 13.6. The highest BCUT2D eigenvalue weighted by Crippen LogP contribution is 2.27. The molecule has 100 valence electrons. The standard InChI is InChI=1S/C14H12BrClFNO/c15-12-5-9(7-18)1-4-14(12)19-8-10-2-3-11(16)6-13(10)17/h1-6H,7-8,18H2. The van der Waals surface area contributed by atoms with Gasteiger partial charge in [-0.05, 0) is 45.8 Å². The molecule has 0 heterocycles. The van der Waals surface area contributed by atoms with Crippen LogP contribution in [0.4, 0.5) is 4.39 Å². The van der Waals surface area contributed by atoms with Crippen molar-refractivity contribution in [1.29, 1.82) is 0 Å². The van der Waals surface area contributed by atoms with Crippen molar-refractivity contribution in [1.82, 2.24) is 0 Å². The molecule has 0 unspecified atom stereocenters. The van der Waals surface area contributed by atoms with Gasteiger partial charge in [-0.15, -0.1) is 0 Å². The molecule has 0 spiro atoms. The van der Waals surface area contributed by atoms with Gasteiger partial charge in [-0.25, -0.2) is 4.39 Å². The van der Waals surface area contributed by atoms with Crippen LogP contribution < -0.4 is 10.5 Å². The van der Waals surface area contributed by atoms with Crippen molar-refractivity contribution in [3.05, 3.63) is 62.8 Å². The predicted molar refractivity (Wildman–Crippen MR) is 77.8 cm³/mol. The highest BCUT2D eigenvalue weighted by molar-refractivity contribution is 9.10. The Labute approximate surface area is 124 Å². The number of halogens is 3. The molecule has 0 saturated carbocycles. The van der Waals surface area contributed by atoms with Crippen molar-refractivity contribution in [3.63, 3.8) is 0 Å². The molecule has 2 nitrogen and oxygen atoms in total. The van der Waals surface area contributed by atoms with Gasteiger partial charge < -0.3 is 10.5 Å². The van der Waals surface area contributed by atoms with E-state index in [4.69, 9.17) is 22.1 Å². The summed E-state index contributed by atoms with van der Waals surface area (Å²) in [6.07, 6.45) is 0. The molecule has 0 radical (unpaired) electrons. The fourth-order valence-corrected chi connectivity index (χ4v) is 2.28. The lowest BCUT2D eigenvalue weighted by Gasteiger charge is -2.10. The molecule has 0 aliphatic rings. The van der Waals surface area contributed by atoms with E-state index >= 15 is 0 Å². The first-order valence-electron chi connectivity index (χ1n) is 5.65. The third kappa shape index (κ3) is 3.69. The molecular weight excluding hydrogens is 333 g/mol. The highest BCUT2D eigenvalue weighted by Gasteiger charge is 2.06. The summed E-state index contributed by atoms with van der Waals surface area (Å²) in [5, 5.41) is 0.370. The topological polar surface area (TPSA) is 35.2 Å². The van der Waals surface area contributed by atoms with Gasteiger partial charge in [-0.3, -0.25) is 0 Å². The Morgan fingerprint density at radius 2 is 2.00 bits per heavy atom. The molecule has 0 amide bonds. The first kappa shape index (κ1) is 14.3. The number of benzene rings is 2. The summed E-state index contributed by atoms with van der Waals surface area (Å²) in [6.45, 7) is 0.605. The Kier molecular flexibility index (Phi) is 4.80. The molecule has 0 aliphatic carbocycles. The van der Waals surface area contributed by atoms with Crippen molar-refractivity contribution in [2.75, 3.05) is 0 Å². The van der Waals surface area contributed by atoms with Gasteiger partial charge in [0, 0.05) is 17.1 Å². The highest BCUT2D eigenvalue weighted by atomic mass is 79.9. The van der Waals surface area contributed by atoms with E-state index in [0.29, 0.717) is 22.9 Å². The van der Waals surface area contributed by atoms with Crippen LogP contribution in [0.15, 0.2) is 40.9 Å². The van der Waals surface area contributed by atoms with Crippen molar-refractivity contribution >= 4 is 27.5 Å². The van der Waals surface area contributed by atoms with Crippen LogP contribution in [0.1, 0.15) is 11.1 Å². The van der Waals surface area contributed by atoms with Gasteiger partial charge >= 0.3 is 0 Å². The molecule has 5 heteroatoms. The van der Waals surface area contributed by atoms with Gasteiger partial charge in [0.05, 0.1) is 4.47 Å². The Bertz CT molecular complexity index is 592. The average Bonchev–Trinajstić information content (AvgIpc) is 2.39. The number of ether oxygens (including phenoxy) is 1. The first-order chi connectivity index (χ1) is 9.10. The smallest absolute Gasteiger partial charge is 0.134 e. The average molecular weight is 345 g/mol. The van der Waals surface area contributed by atoms with E-state index in [1.165, 1.54) is 6.07 Å². The van der Waals surface area contributed by atoms with Gasteiger partial charge in [-0.2, -0.15) is 0 Å². The van der Waals surface area contributed by atoms with Crippen molar-refractivity contribution in [3.8, 4) is 5.75 Å². The molecule has 2 aromatic rings. The van der Waals surface area contributed by atoms with Gasteiger partial charge in [0.25, 0.3) is 0 Å². The van der Waals surface area contributed by atoms with Crippen LogP contribution in [0, 0.1) is 5.82 Å². The molecule has 2 N–H and O–H groups in total. The number of hydrogen-bond acceptors (Lipinski definition) is 2. The monoisotopic (exact) mass is 343 g/mol. The summed E-state index contributed by atoms with van der Waals surface area (Å²) >= 11 is 9.09. The summed E-state index contributed by atoms with van der Waals surface area (Å²) in [5.74, 6) is 0.272. The van der Waals surface area contributed by atoms with Crippen LogP contribution in [0.2, 0.25) is 5.02 Å². The largest absolute Gasteiger partial charge is 0.488 e. The van der Waals surface area contributed by atoms with Crippen molar-refractivity contribution in [2.45, 2.75) is 13.2 Å². The molecule has 0 aliphatic heterocycles. The van der Waals surface area contributed by atoms with E-state index in [1.54, 1.807) is 18.2 Å². The number of hydrogen-bond donors (Lipinski definition) is 1. The third-order valence-corrected chi connectivity index (χ3v) is 3.49. The maximum atomic E-state index is 13.6. The van der Waals surface area contributed by atoms with E-state index in [2.05, 4.69) is 15.9 Å². The molecule has 2 aromatic carbocycles. The van der Waals surface area contributed by atoms with Gasteiger partial charge in [0.2, 0.25) is 0 Å². The first-order valence-corrected chi connectivity index (χ1v) is 6.82. The minimum Gasteiger partial charge on any atom is -0.488 e. The minimum absolute atomic E-state index is 0.142. The van der Waals surface area contributed by atoms with Crippen molar-refractivity contribution in [2.24, 2.45) is 5.73 Å². The van der Waals surface area contributed by atoms with E-state index in [0.717, 1.165) is 10.0 Å². The normalized spacial score (nSPS) is 10.5. The summed E-state index contributed by atoms with van der Waals surface area (Å²) < 4.78 is 19.9. The molecule has 0 bridgehead atoms. The zero-order valence-electron chi connectivity index (χ0n) is 10.00. The fourth-order valence-electron chi connectivity index (χ4n) is 1.58. The fraction of sp³-hybridized carbons (Fsp3) is 0.143. The zero-order valence-corrected chi connectivity index (χ0v) is 12.3. The van der Waals surface area contributed by atoms with Crippen LogP contribution in [0.25, 0.3) is 0 Å². The van der Waals surface area contributed by atoms with Gasteiger partial charge in [0.1, 0.15) is 18.2 Å². The van der Waals surface area contributed by atoms with E-state index in [9.17, 15) is 4.39 Å². The van der Waals surface area contributed by atoms with Crippen molar-refractivity contribution < 1.29 is 9.13 Å². The Balaban J connectivity index is 2.10. The van der Waals surface area contributed by atoms with Crippen LogP contribution in [-0.4, -0.2) is 0 Å². The lowest BCUT2D eigenvalue weighted by molar-refractivity contribution is 0.298. The summed E-state index contributed by atoms with van der Waals surface area (Å²) in [5.41, 5.74) is 7.00. The lowest BCUT2D eigenvalue weighted by atomic mass is 10.2. The summed E-state index contributed by atoms with van der Waals surface area (Å²) in [7, 11) is 0. The predicted octanol–water partition coefficient (Wildman–Crippen LogP) is 4.28. The van der Waals surface area contributed by atoms with Gasteiger partial charge in [-0.1, -0.05) is 23.7 Å². The van der Waals surface area contributed by atoms with Crippen LogP contribution >= 0.6 is 27.5 Å². The van der Waals surface area contributed by atoms with Crippen LogP contribution in [0.5, 0.6) is 5.75 Å². The Hall–Kier alpha value is -1.10. The molecule has 0 fully saturated rings. The summed E-state index contributed by atoms with van der Waals surface area (Å²) in [4.78, 5) is 0. The Morgan fingerprint density at radius 1 is 1.21 bits per heavy atom. The second-order valence-electron chi connectivity index (χ2n) is 3.99. The lowest BCUT2D eigenvalue weighted by Crippen LogP contribution is -2.00. The van der Waals surface area contributed by atoms with Crippen LogP contribution in [-0.2, 0) is 13.2 Å². The molecule has 2 rings (SSSR count). The third-order valence-electron chi connectivity index (χ3n) is 2.63. The molecule has 0 saturated heterocycles. The van der Waals surface area contributed by atoms with Gasteiger partial charge in [0.15, 0.2) is 0 Å². The second kappa shape index (κ2) is 6.37.